The van der Waals surface area contributed by atoms with E-state index < -0.39 is 27.5 Å². The molecule has 5 N–H and O–H groups in total. The van der Waals surface area contributed by atoms with E-state index in [1.54, 1.807) is 52.3 Å². The van der Waals surface area contributed by atoms with E-state index in [2.05, 4.69) is 181 Å². The number of nitrogens with zero attached hydrogens (tertiary/aromatic N) is 4. The van der Waals surface area contributed by atoms with Crippen molar-refractivity contribution >= 4 is 93.0 Å². The molecule has 1 heterocycles. The summed E-state index contributed by atoms with van der Waals surface area (Å²) in [6.07, 6.45) is 9.35. The topological polar surface area (TPSA) is 158 Å². The molecule has 0 radical (unpaired) electrons. The Balaban J connectivity index is 1.26. The van der Waals surface area contributed by atoms with Gasteiger partial charge >= 0.3 is 272 Å². The van der Waals surface area contributed by atoms with Gasteiger partial charge in [-0.15, -0.1) is 0 Å². The molecule has 1 aliphatic heterocycles. The van der Waals surface area contributed by atoms with Crippen molar-refractivity contribution in [1.82, 2.24) is 15.1 Å². The SMILES string of the molecule is C=C(C)C(=O)CCCCN(Cc1cc(OC)ccc1B(O)O)Cc1c2ccccc2c(CN(CCCNC(=O)C(=C)C)Cc2cc(OC)ccc2B(O)O)c2ccc(-c3ccc(C)c(C4=C5C=CC(=[N+](C)C)C=[C]5[Ge]([CH3])([CH3])[c]5cc(N(C)C)ccc54)c3)cc12. The van der Waals surface area contributed by atoms with Crippen molar-refractivity contribution in [3.63, 3.8) is 0 Å². The standard InChI is InChI=1S/C73H85B2GeN5O8/c1-47(2)71(82)21-16-17-35-80(43-52-37-56(88-12)27-32-67(52)74(84)85)46-66-59-20-15-14-19-58(59)65(45-81(36-18-34-77-73(83)48(3)4)44-53-38-57(89-13)28-33-68(53)75(86)87)60-29-24-51(40-64(60)66)50-23-22-49(5)63(39-50)72-61-30-25-54(78(8)9)41-69(61)76(6,7)70-42-55(79(10)11)26-31-62(70)72/h14-15,19-20,22-33,37-42,84-87H,1,3,16-18,21,34-36,43-46H2,2,4-13H3/p+1. The van der Waals surface area contributed by atoms with Crippen molar-refractivity contribution in [2.75, 3.05) is 66.9 Å². The van der Waals surface area contributed by atoms with Crippen LogP contribution in [0.25, 0.3) is 38.2 Å². The summed E-state index contributed by atoms with van der Waals surface area (Å²) in [4.78, 5) is 32.5. The van der Waals surface area contributed by atoms with Crippen LogP contribution >= 0.6 is 0 Å². The number of carbonyl (C=O) groups is 2. The summed E-state index contributed by atoms with van der Waals surface area (Å²) >= 11 is -2.91. The summed E-state index contributed by atoms with van der Waals surface area (Å²) in [5.74, 6) is 6.06. The first-order valence-electron chi connectivity index (χ1n) is 30.7. The molecule has 9 rings (SSSR count). The first kappa shape index (κ1) is 65.8. The van der Waals surface area contributed by atoms with Gasteiger partial charge in [0, 0.05) is 38.2 Å². The van der Waals surface area contributed by atoms with Crippen molar-refractivity contribution in [3.05, 3.63) is 207 Å². The second-order valence-electron chi connectivity index (χ2n) is 24.9. The number of amides is 1. The molecule has 89 heavy (non-hydrogen) atoms. The number of benzene rings is 7. The molecule has 0 atom stereocenters. The molecule has 0 fully saturated rings. The Morgan fingerprint density at radius 3 is 1.78 bits per heavy atom. The number of hydrogen-bond donors (Lipinski definition) is 5. The van der Waals surface area contributed by atoms with Crippen molar-refractivity contribution < 1.29 is 43.7 Å². The number of ketones is 1. The van der Waals surface area contributed by atoms with Gasteiger partial charge in [-0.25, -0.2) is 0 Å². The monoisotopic (exact) mass is 1260 g/mol. The van der Waals surface area contributed by atoms with Crippen LogP contribution in [0.15, 0.2) is 168 Å². The summed E-state index contributed by atoms with van der Waals surface area (Å²) in [6, 6.07) is 39.8. The van der Waals surface area contributed by atoms with E-state index in [1.165, 1.54) is 48.0 Å². The Labute approximate surface area is 529 Å². The van der Waals surface area contributed by atoms with Gasteiger partial charge in [-0.05, 0) is 91.5 Å². The molecule has 1 aliphatic carbocycles. The van der Waals surface area contributed by atoms with Crippen LogP contribution in [0, 0.1) is 6.92 Å². The van der Waals surface area contributed by atoms with E-state index in [1.807, 2.05) is 12.1 Å². The Kier molecular flexibility index (Phi) is 21.1. The number of hydrogen-bond acceptors (Lipinski definition) is 11. The zero-order valence-electron chi connectivity index (χ0n) is 53.8. The molecular weight excluding hydrogens is 1170 g/mol. The van der Waals surface area contributed by atoms with E-state index in [-0.39, 0.29) is 11.7 Å². The summed E-state index contributed by atoms with van der Waals surface area (Å²) in [5, 5.41) is 50.2. The van der Waals surface area contributed by atoms with Gasteiger partial charge in [0.2, 0.25) is 5.91 Å². The Morgan fingerprint density at radius 2 is 1.21 bits per heavy atom. The second-order valence-corrected chi connectivity index (χ2v) is 34.0. The van der Waals surface area contributed by atoms with Gasteiger partial charge in [0.15, 0.2) is 5.78 Å². The Morgan fingerprint density at radius 1 is 0.640 bits per heavy atom. The number of rotatable bonds is 26. The quantitative estimate of drug-likeness (QED) is 0.0116. The number of nitrogens with one attached hydrogen (secondary N) is 1. The minimum absolute atomic E-state index is 0.0359. The molecule has 13 nitrogen and oxygen atoms in total. The number of Topliss-reactive ketones (excluding diaryl/α,β-unsaturated/α-hetero) is 1. The van der Waals surface area contributed by atoms with Crippen LogP contribution in [0.2, 0.25) is 11.5 Å². The maximum absolute atomic E-state index is 12.9. The van der Waals surface area contributed by atoms with E-state index in [9.17, 15) is 29.7 Å². The Hall–Kier alpha value is -7.60. The van der Waals surface area contributed by atoms with Crippen molar-refractivity contribution in [2.24, 2.45) is 0 Å². The van der Waals surface area contributed by atoms with Gasteiger partial charge in [-0.3, -0.25) is 14.5 Å². The normalized spacial score (nSPS) is 13.4. The average Bonchev–Trinajstić information content (AvgIpc) is 0.815. The first-order chi connectivity index (χ1) is 42.5. The van der Waals surface area contributed by atoms with Gasteiger partial charge in [0.25, 0.3) is 0 Å². The van der Waals surface area contributed by atoms with E-state index >= 15 is 0 Å². The summed E-state index contributed by atoms with van der Waals surface area (Å²) in [7, 11) is 8.20. The molecule has 0 unspecified atom stereocenters. The van der Waals surface area contributed by atoms with Crippen molar-refractivity contribution in [1.29, 1.82) is 0 Å². The third kappa shape index (κ3) is 14.7. The molecule has 2 aliphatic rings. The van der Waals surface area contributed by atoms with Crippen molar-refractivity contribution in [2.45, 2.75) is 84.1 Å². The van der Waals surface area contributed by atoms with E-state index in [4.69, 9.17) is 9.47 Å². The number of carbonyl (C=O) groups excluding carboxylic acids is 2. The average molecular weight is 1260 g/mol. The molecule has 0 saturated carbocycles. The Bertz CT molecular complexity index is 4030. The fraction of sp³-hybridized carbons (Fsp3) is 0.301. The second kappa shape index (κ2) is 28.5. The number of ether oxygens (including phenoxy) is 2. The molecule has 1 amide bonds. The number of allylic oxidation sites excluding steroid dienone is 6. The van der Waals surface area contributed by atoms with Crippen LogP contribution in [-0.2, 0) is 35.8 Å². The van der Waals surface area contributed by atoms with Crippen LogP contribution < -0.4 is 35.0 Å². The number of fused-ring (bicyclic) bond motifs is 4. The zero-order chi connectivity index (χ0) is 64.0. The number of unbranched alkanes of at least 4 members (excludes halogenated alkanes) is 1. The fourth-order valence-electron chi connectivity index (χ4n) is 12.7. The summed E-state index contributed by atoms with van der Waals surface area (Å²) in [5.41, 5.74) is 15.9. The number of methoxy groups -OCH3 is 2. The maximum atomic E-state index is 12.9. The van der Waals surface area contributed by atoms with Crippen LogP contribution in [0.1, 0.15) is 78.5 Å². The van der Waals surface area contributed by atoms with Gasteiger partial charge in [-0.2, -0.15) is 0 Å². The minimum atomic E-state index is -2.91. The van der Waals surface area contributed by atoms with E-state index in [0.29, 0.717) is 116 Å². The predicted molar refractivity (Wildman–Crippen MR) is 370 cm³/mol. The molecule has 7 aromatic rings. The third-order valence-corrected chi connectivity index (χ3v) is 25.1. The zero-order valence-corrected chi connectivity index (χ0v) is 55.9. The van der Waals surface area contributed by atoms with E-state index in [0.717, 1.165) is 43.8 Å². The number of aryl methyl sites for hydroxylation is 1. The predicted octanol–water partition coefficient (Wildman–Crippen LogP) is 9.29. The molecule has 16 heteroatoms. The molecule has 460 valence electrons. The third-order valence-electron chi connectivity index (χ3n) is 17.7. The van der Waals surface area contributed by atoms with Gasteiger partial charge in [0.05, 0.1) is 14.2 Å². The molecule has 7 aromatic carbocycles. The number of anilines is 1. The fourth-order valence-corrected chi connectivity index (χ4v) is 19.1. The van der Waals surface area contributed by atoms with Crippen molar-refractivity contribution in [3.8, 4) is 22.6 Å². The van der Waals surface area contributed by atoms with Crippen LogP contribution in [0.3, 0.4) is 0 Å². The van der Waals surface area contributed by atoms with Crippen LogP contribution in [0.5, 0.6) is 11.5 Å². The summed E-state index contributed by atoms with van der Waals surface area (Å²) < 4.78 is 16.5. The molecule has 0 saturated heterocycles. The molecule has 0 bridgehead atoms. The summed E-state index contributed by atoms with van der Waals surface area (Å²) in [6.45, 7) is 16.5. The van der Waals surface area contributed by atoms with Crippen LogP contribution in [-0.4, -0.2) is 141 Å². The molecular formula is C73H86B2GeN5O8+. The molecule has 0 spiro atoms. The molecule has 0 aromatic heterocycles. The first-order valence-corrected chi connectivity index (χ1v) is 37.0. The van der Waals surface area contributed by atoms with Gasteiger partial charge < -0.3 is 34.9 Å². The van der Waals surface area contributed by atoms with Crippen LogP contribution in [0.4, 0.5) is 5.69 Å². The van der Waals surface area contributed by atoms with Gasteiger partial charge in [-0.1, -0.05) is 43.5 Å². The van der Waals surface area contributed by atoms with Gasteiger partial charge in [0.1, 0.15) is 11.5 Å².